The van der Waals surface area contributed by atoms with E-state index in [1.165, 1.54) is 25.3 Å². The number of halogens is 1. The number of amides is 1. The Kier molecular flexibility index (Phi) is 5.03. The van der Waals surface area contributed by atoms with E-state index in [0.29, 0.717) is 28.4 Å². The third-order valence-electron chi connectivity index (χ3n) is 3.65. The summed E-state index contributed by atoms with van der Waals surface area (Å²) in [6.07, 6.45) is 0. The molecule has 0 aliphatic rings. The molecule has 0 fully saturated rings. The molecule has 5 nitrogen and oxygen atoms in total. The number of nitrogens with one attached hydrogen (secondary N) is 1. The lowest BCUT2D eigenvalue weighted by Crippen LogP contribution is -2.13. The van der Waals surface area contributed by atoms with E-state index in [-0.39, 0.29) is 5.75 Å². The van der Waals surface area contributed by atoms with Crippen molar-refractivity contribution in [3.8, 4) is 17.2 Å². The molecule has 0 bridgehead atoms. The summed E-state index contributed by atoms with van der Waals surface area (Å²) >= 11 is 0. The van der Waals surface area contributed by atoms with Gasteiger partial charge in [-0.2, -0.15) is 0 Å². The zero-order chi connectivity index (χ0) is 18.5. The Morgan fingerprint density at radius 2 is 1.73 bits per heavy atom. The first kappa shape index (κ1) is 17.3. The molecule has 3 rings (SSSR count). The van der Waals surface area contributed by atoms with Gasteiger partial charge in [0, 0.05) is 11.8 Å². The van der Waals surface area contributed by atoms with Crippen LogP contribution in [0.25, 0.3) is 0 Å². The van der Waals surface area contributed by atoms with Gasteiger partial charge in [0.2, 0.25) is 0 Å². The molecule has 3 aromatic carbocycles. The Morgan fingerprint density at radius 1 is 1.00 bits per heavy atom. The maximum absolute atomic E-state index is 13.3. The van der Waals surface area contributed by atoms with Crippen molar-refractivity contribution in [2.45, 2.75) is 0 Å². The third kappa shape index (κ3) is 3.92. The van der Waals surface area contributed by atoms with Gasteiger partial charge in [0.25, 0.3) is 5.91 Å². The first-order valence-electron chi connectivity index (χ1n) is 7.84. The van der Waals surface area contributed by atoms with Gasteiger partial charge in [-0.1, -0.05) is 12.1 Å². The van der Waals surface area contributed by atoms with Crippen molar-refractivity contribution in [2.75, 3.05) is 18.2 Å². The molecule has 3 N–H and O–H groups in total. The topological polar surface area (TPSA) is 73.6 Å². The smallest absolute Gasteiger partial charge is 0.259 e. The quantitative estimate of drug-likeness (QED) is 0.665. The molecule has 26 heavy (non-hydrogen) atoms. The minimum absolute atomic E-state index is 0.232. The lowest BCUT2D eigenvalue weighted by Gasteiger charge is -2.13. The number of para-hydroxylation sites is 1. The summed E-state index contributed by atoms with van der Waals surface area (Å²) in [5.74, 6) is 0.317. The van der Waals surface area contributed by atoms with Crippen molar-refractivity contribution in [2.24, 2.45) is 0 Å². The summed E-state index contributed by atoms with van der Waals surface area (Å²) in [6, 6.07) is 17.6. The zero-order valence-electron chi connectivity index (χ0n) is 14.0. The number of hydrogen-bond acceptors (Lipinski definition) is 4. The molecule has 0 aromatic heterocycles. The van der Waals surface area contributed by atoms with Crippen molar-refractivity contribution in [3.05, 3.63) is 78.1 Å². The van der Waals surface area contributed by atoms with Gasteiger partial charge in [-0.3, -0.25) is 4.79 Å². The maximum Gasteiger partial charge on any atom is 0.259 e. The van der Waals surface area contributed by atoms with Gasteiger partial charge < -0.3 is 20.5 Å². The van der Waals surface area contributed by atoms with Crippen molar-refractivity contribution >= 4 is 17.3 Å². The molecule has 3 aromatic rings. The van der Waals surface area contributed by atoms with Crippen molar-refractivity contribution in [3.63, 3.8) is 0 Å². The third-order valence-corrected chi connectivity index (χ3v) is 3.65. The molecule has 0 radical (unpaired) electrons. The Morgan fingerprint density at radius 3 is 2.46 bits per heavy atom. The van der Waals surface area contributed by atoms with Gasteiger partial charge in [0.05, 0.1) is 18.4 Å². The highest BCUT2D eigenvalue weighted by Gasteiger charge is 2.15. The Bertz CT molecular complexity index is 927. The van der Waals surface area contributed by atoms with E-state index in [0.717, 1.165) is 0 Å². The van der Waals surface area contributed by atoms with Crippen LogP contribution in [-0.4, -0.2) is 13.0 Å². The Labute approximate surface area is 150 Å². The molecule has 0 atom stereocenters. The van der Waals surface area contributed by atoms with E-state index >= 15 is 0 Å². The maximum atomic E-state index is 13.3. The number of methoxy groups -OCH3 is 1. The number of nitrogen functional groups attached to an aromatic ring is 1. The lowest BCUT2D eigenvalue weighted by molar-refractivity contribution is 0.102. The summed E-state index contributed by atoms with van der Waals surface area (Å²) < 4.78 is 24.2. The van der Waals surface area contributed by atoms with E-state index in [4.69, 9.17) is 15.2 Å². The summed E-state index contributed by atoms with van der Waals surface area (Å²) in [6.45, 7) is 0. The Hall–Kier alpha value is -3.54. The van der Waals surface area contributed by atoms with Crippen molar-refractivity contribution in [1.82, 2.24) is 0 Å². The molecule has 0 unspecified atom stereocenters. The van der Waals surface area contributed by atoms with Crippen molar-refractivity contribution in [1.29, 1.82) is 0 Å². The fourth-order valence-corrected chi connectivity index (χ4v) is 2.36. The zero-order valence-corrected chi connectivity index (χ0v) is 14.0. The number of carbonyl (C=O) groups excluding carboxylic acids is 1. The van der Waals surface area contributed by atoms with Crippen LogP contribution in [-0.2, 0) is 0 Å². The first-order chi connectivity index (χ1) is 12.6. The van der Waals surface area contributed by atoms with Gasteiger partial charge in [-0.15, -0.1) is 0 Å². The van der Waals surface area contributed by atoms with Gasteiger partial charge in [0.1, 0.15) is 23.1 Å². The van der Waals surface area contributed by atoms with E-state index < -0.39 is 11.7 Å². The summed E-state index contributed by atoms with van der Waals surface area (Å²) in [5.41, 5.74) is 6.97. The lowest BCUT2D eigenvalue weighted by atomic mass is 10.1. The molecule has 132 valence electrons. The summed E-state index contributed by atoms with van der Waals surface area (Å²) in [5, 5.41) is 2.71. The SMILES string of the molecule is COc1cc(F)ccc1NC(=O)c1ccccc1Oc1ccc(N)cc1. The number of benzene rings is 3. The molecular weight excluding hydrogens is 335 g/mol. The van der Waals surface area contributed by atoms with Crippen LogP contribution < -0.4 is 20.5 Å². The minimum Gasteiger partial charge on any atom is -0.494 e. The molecule has 0 aliphatic carbocycles. The second-order valence-corrected chi connectivity index (χ2v) is 5.47. The fraction of sp³-hybridized carbons (Fsp3) is 0.0500. The van der Waals surface area contributed by atoms with Gasteiger partial charge in [-0.25, -0.2) is 4.39 Å². The van der Waals surface area contributed by atoms with Crippen LogP contribution >= 0.6 is 0 Å². The summed E-state index contributed by atoms with van der Waals surface area (Å²) in [4.78, 5) is 12.7. The monoisotopic (exact) mass is 352 g/mol. The van der Waals surface area contributed by atoms with E-state index in [9.17, 15) is 9.18 Å². The van der Waals surface area contributed by atoms with Crippen LogP contribution in [0.15, 0.2) is 66.7 Å². The molecule has 0 saturated heterocycles. The number of rotatable bonds is 5. The average Bonchev–Trinajstić information content (AvgIpc) is 2.65. The number of hydrogen-bond donors (Lipinski definition) is 2. The van der Waals surface area contributed by atoms with Crippen molar-refractivity contribution < 1.29 is 18.7 Å². The first-order valence-corrected chi connectivity index (χ1v) is 7.84. The van der Waals surface area contributed by atoms with E-state index in [1.54, 1.807) is 48.5 Å². The van der Waals surface area contributed by atoms with Crippen LogP contribution in [0.4, 0.5) is 15.8 Å². The summed E-state index contributed by atoms with van der Waals surface area (Å²) in [7, 11) is 1.41. The number of ether oxygens (including phenoxy) is 2. The molecule has 1 amide bonds. The van der Waals surface area contributed by atoms with Crippen LogP contribution in [0.2, 0.25) is 0 Å². The largest absolute Gasteiger partial charge is 0.494 e. The number of carbonyl (C=O) groups is 1. The molecule has 0 aliphatic heterocycles. The number of nitrogens with two attached hydrogens (primary N) is 1. The highest BCUT2D eigenvalue weighted by atomic mass is 19.1. The predicted molar refractivity (Wildman–Crippen MR) is 98.3 cm³/mol. The molecule has 0 heterocycles. The minimum atomic E-state index is -0.452. The Balaban J connectivity index is 1.85. The number of anilines is 2. The molecular formula is C20H17FN2O3. The second kappa shape index (κ2) is 7.57. The van der Waals surface area contributed by atoms with Crippen LogP contribution in [0.5, 0.6) is 17.2 Å². The second-order valence-electron chi connectivity index (χ2n) is 5.47. The highest BCUT2D eigenvalue weighted by molar-refractivity contribution is 6.06. The van der Waals surface area contributed by atoms with E-state index in [2.05, 4.69) is 5.32 Å². The molecule has 6 heteroatoms. The van der Waals surface area contributed by atoms with Gasteiger partial charge in [0.15, 0.2) is 0 Å². The van der Waals surface area contributed by atoms with Crippen LogP contribution in [0.3, 0.4) is 0 Å². The molecule has 0 saturated carbocycles. The van der Waals surface area contributed by atoms with E-state index in [1.807, 2.05) is 0 Å². The van der Waals surface area contributed by atoms with Crippen LogP contribution in [0.1, 0.15) is 10.4 Å². The fourth-order valence-electron chi connectivity index (χ4n) is 2.36. The predicted octanol–water partition coefficient (Wildman–Crippen LogP) is 4.46. The highest BCUT2D eigenvalue weighted by Crippen LogP contribution is 2.29. The normalized spacial score (nSPS) is 10.2. The molecule has 0 spiro atoms. The standard InChI is InChI=1S/C20H17FN2O3/c1-25-19-12-13(21)6-11-17(19)23-20(24)16-4-2-3-5-18(16)26-15-9-7-14(22)8-10-15/h2-12H,22H2,1H3,(H,23,24). The average molecular weight is 352 g/mol. The van der Waals surface area contributed by atoms with Crippen LogP contribution in [0, 0.1) is 5.82 Å². The van der Waals surface area contributed by atoms with Gasteiger partial charge in [-0.05, 0) is 48.5 Å². The van der Waals surface area contributed by atoms with Gasteiger partial charge >= 0.3 is 0 Å².